The number of hydrogen-bond donors (Lipinski definition) is 0. The number of amidine groups is 1. The Morgan fingerprint density at radius 1 is 0.800 bits per heavy atom. The van der Waals surface area contributed by atoms with Crippen LogP contribution in [0.5, 0.6) is 17.2 Å². The molecule has 1 aliphatic heterocycles. The minimum absolute atomic E-state index is 0.00622. The largest absolute Gasteiger partial charge is 0.497 e. The maximum Gasteiger partial charge on any atom is 0.311 e. The Hall–Kier alpha value is -6.99. The van der Waals surface area contributed by atoms with Gasteiger partial charge in [-0.25, -0.2) is 32.8 Å². The van der Waals surface area contributed by atoms with Gasteiger partial charge in [-0.2, -0.15) is 13.9 Å². The molecule has 0 radical (unpaired) electrons. The molecule has 3 atom stereocenters. The lowest BCUT2D eigenvalue weighted by molar-refractivity contribution is -0.157. The highest BCUT2D eigenvalue weighted by Crippen LogP contribution is 2.44. The molecule has 3 heterocycles. The summed E-state index contributed by atoms with van der Waals surface area (Å²) in [6.45, 7) is 3.38. The number of aliphatic imine (C=N–C) groups is 1. The van der Waals surface area contributed by atoms with E-state index in [1.807, 2.05) is 80.5 Å². The number of aryl methyl sites for hydroxylation is 1. The van der Waals surface area contributed by atoms with E-state index in [0.29, 0.717) is 51.0 Å². The Morgan fingerprint density at radius 2 is 1.35 bits per heavy atom. The van der Waals surface area contributed by atoms with Crippen molar-refractivity contribution < 1.29 is 60.0 Å². The maximum atomic E-state index is 14.3. The first-order valence-corrected chi connectivity index (χ1v) is 20.1. The molecule has 6 aromatic rings. The number of aromatic nitrogens is 4. The van der Waals surface area contributed by atoms with Crippen LogP contribution < -0.4 is 14.2 Å². The van der Waals surface area contributed by atoms with Gasteiger partial charge in [-0.1, -0.05) is 54.6 Å². The lowest BCUT2D eigenvalue weighted by Gasteiger charge is -2.37. The van der Waals surface area contributed by atoms with Gasteiger partial charge < -0.3 is 33.3 Å². The standard InChI is InChI=1S/C46H43F5N6O8/c1-25-37-44(54-26(2)56(3)4)52-24-53-45(37)57(55-25)34-22-32(64-35(58)20-21-36(59)65-43-41(50)39(48)38(47)40(49)42(43)51)33(63-34)23-62-46(27-10-8-7-9-11-27,28-12-16-30(60-5)17-13-28)29-14-18-31(61-6)19-15-29/h7-19,24,32-34H,20-23H2,1-6H3. The Balaban J connectivity index is 1.23. The van der Waals surface area contributed by atoms with Crippen molar-refractivity contribution in [2.45, 2.75) is 57.1 Å². The molecule has 340 valence electrons. The lowest BCUT2D eigenvalue weighted by atomic mass is 9.80. The third-order valence-electron chi connectivity index (χ3n) is 10.9. The zero-order valence-electron chi connectivity index (χ0n) is 36.0. The van der Waals surface area contributed by atoms with Gasteiger partial charge in [0.15, 0.2) is 17.7 Å². The zero-order chi connectivity index (χ0) is 46.6. The molecule has 0 bridgehead atoms. The summed E-state index contributed by atoms with van der Waals surface area (Å²) in [7, 11) is 6.80. The number of rotatable bonds is 15. The SMILES string of the molecule is COc1ccc(C(OCC2OC(n3nc(C)c4c(N=C(C)N(C)C)ncnc43)CC2OC(=O)CCC(=O)Oc2c(F)c(F)c(F)c(F)c2F)(c2ccccc2)c2ccc(OC)cc2)cc1. The molecule has 1 fully saturated rings. The van der Waals surface area contributed by atoms with Gasteiger partial charge in [0.05, 0.1) is 44.7 Å². The van der Waals surface area contributed by atoms with E-state index in [-0.39, 0.29) is 13.0 Å². The van der Waals surface area contributed by atoms with Gasteiger partial charge in [-0.05, 0) is 54.8 Å². The quantitative estimate of drug-likeness (QED) is 0.0144. The molecule has 4 aromatic carbocycles. The second kappa shape index (κ2) is 19.4. The van der Waals surface area contributed by atoms with Gasteiger partial charge in [0.1, 0.15) is 41.5 Å². The molecular formula is C46H43F5N6O8. The van der Waals surface area contributed by atoms with E-state index >= 15 is 0 Å². The smallest absolute Gasteiger partial charge is 0.311 e. The summed E-state index contributed by atoms with van der Waals surface area (Å²) < 4.78 is 106. The summed E-state index contributed by atoms with van der Waals surface area (Å²) in [5.74, 6) is -13.7. The highest BCUT2D eigenvalue weighted by atomic mass is 19.2. The fourth-order valence-electron chi connectivity index (χ4n) is 7.34. The van der Waals surface area contributed by atoms with Gasteiger partial charge in [-0.15, -0.1) is 0 Å². The number of methoxy groups -OCH3 is 2. The number of benzene rings is 4. The van der Waals surface area contributed by atoms with Crippen molar-refractivity contribution in [1.29, 1.82) is 0 Å². The Bertz CT molecular complexity index is 2640. The molecule has 3 unspecified atom stereocenters. The fraction of sp³-hybridized carbons (Fsp3) is 0.304. The number of esters is 2. The minimum atomic E-state index is -2.42. The van der Waals surface area contributed by atoms with Crippen LogP contribution in [0.15, 0.2) is 90.2 Å². The fourth-order valence-corrected chi connectivity index (χ4v) is 7.34. The van der Waals surface area contributed by atoms with Crippen molar-refractivity contribution in [3.63, 3.8) is 0 Å². The Labute approximate surface area is 369 Å². The predicted molar refractivity (Wildman–Crippen MR) is 224 cm³/mol. The Morgan fingerprint density at radius 3 is 1.92 bits per heavy atom. The average molecular weight is 903 g/mol. The summed E-state index contributed by atoms with van der Waals surface area (Å²) >= 11 is 0. The first-order chi connectivity index (χ1) is 31.2. The van der Waals surface area contributed by atoms with Crippen molar-refractivity contribution in [3.8, 4) is 17.2 Å². The van der Waals surface area contributed by atoms with Crippen LogP contribution in [-0.4, -0.2) is 89.6 Å². The summed E-state index contributed by atoms with van der Waals surface area (Å²) in [6.07, 6.45) is -3.22. The number of hydrogen-bond acceptors (Lipinski definition) is 12. The molecule has 65 heavy (non-hydrogen) atoms. The number of carbonyl (C=O) groups excluding carboxylic acids is 2. The molecule has 7 rings (SSSR count). The van der Waals surface area contributed by atoms with Crippen LogP contribution in [0.25, 0.3) is 11.0 Å². The van der Waals surface area contributed by atoms with Crippen LogP contribution in [0.3, 0.4) is 0 Å². The van der Waals surface area contributed by atoms with Crippen molar-refractivity contribution in [3.05, 3.63) is 137 Å². The number of nitrogens with zero attached hydrogens (tertiary/aromatic N) is 6. The highest BCUT2D eigenvalue weighted by molar-refractivity contribution is 5.92. The van der Waals surface area contributed by atoms with Crippen molar-refractivity contribution >= 4 is 34.6 Å². The number of halogens is 5. The van der Waals surface area contributed by atoms with Crippen LogP contribution >= 0.6 is 0 Å². The molecule has 0 N–H and O–H groups in total. The molecule has 0 saturated carbocycles. The second-order valence-electron chi connectivity index (χ2n) is 15.1. The van der Waals surface area contributed by atoms with Crippen LogP contribution in [0.1, 0.15) is 54.8 Å². The van der Waals surface area contributed by atoms with E-state index in [1.54, 1.807) is 45.4 Å². The van der Waals surface area contributed by atoms with Crippen LogP contribution in [-0.2, 0) is 29.4 Å². The van der Waals surface area contributed by atoms with E-state index in [4.69, 9.17) is 28.8 Å². The number of carbonyl (C=O) groups is 2. The summed E-state index contributed by atoms with van der Waals surface area (Å²) in [4.78, 5) is 41.5. The van der Waals surface area contributed by atoms with Gasteiger partial charge in [-0.3, -0.25) is 9.59 Å². The van der Waals surface area contributed by atoms with Crippen molar-refractivity contribution in [1.82, 2.24) is 24.6 Å². The van der Waals surface area contributed by atoms with E-state index in [2.05, 4.69) is 19.7 Å². The molecular weight excluding hydrogens is 860 g/mol. The summed E-state index contributed by atoms with van der Waals surface area (Å²) in [6, 6.07) is 24.1. The molecule has 19 heteroatoms. The normalized spacial score (nSPS) is 16.4. The van der Waals surface area contributed by atoms with Crippen LogP contribution in [0.4, 0.5) is 27.8 Å². The first-order valence-electron chi connectivity index (χ1n) is 20.1. The molecule has 14 nitrogen and oxygen atoms in total. The van der Waals surface area contributed by atoms with E-state index < -0.39 is 83.7 Å². The lowest BCUT2D eigenvalue weighted by Crippen LogP contribution is -2.39. The third kappa shape index (κ3) is 9.33. The van der Waals surface area contributed by atoms with Crippen LogP contribution in [0, 0.1) is 36.0 Å². The average Bonchev–Trinajstić information content (AvgIpc) is 3.88. The van der Waals surface area contributed by atoms with Gasteiger partial charge in [0.2, 0.25) is 34.8 Å². The number of fused-ring (bicyclic) bond motifs is 1. The van der Waals surface area contributed by atoms with Gasteiger partial charge >= 0.3 is 11.9 Å². The molecule has 0 aliphatic carbocycles. The summed E-state index contributed by atoms with van der Waals surface area (Å²) in [5.41, 5.74) is 1.75. The Kier molecular flexibility index (Phi) is 13.7. The van der Waals surface area contributed by atoms with E-state index in [0.717, 1.165) is 5.56 Å². The third-order valence-corrected chi connectivity index (χ3v) is 10.9. The molecule has 0 amide bonds. The number of ether oxygens (including phenoxy) is 6. The molecule has 2 aromatic heterocycles. The topological polar surface area (TPSA) is 149 Å². The highest BCUT2D eigenvalue weighted by Gasteiger charge is 2.45. The predicted octanol–water partition coefficient (Wildman–Crippen LogP) is 8.05. The summed E-state index contributed by atoms with van der Waals surface area (Å²) in [5, 5.41) is 5.31. The van der Waals surface area contributed by atoms with Gasteiger partial charge in [0, 0.05) is 20.5 Å². The maximum absolute atomic E-state index is 14.3. The van der Waals surface area contributed by atoms with E-state index in [9.17, 15) is 31.5 Å². The minimum Gasteiger partial charge on any atom is -0.497 e. The first kappa shape index (κ1) is 46.0. The second-order valence-corrected chi connectivity index (χ2v) is 15.1. The molecule has 1 saturated heterocycles. The molecule has 0 spiro atoms. The van der Waals surface area contributed by atoms with Crippen molar-refractivity contribution in [2.24, 2.45) is 4.99 Å². The van der Waals surface area contributed by atoms with Crippen molar-refractivity contribution in [2.75, 3.05) is 34.9 Å². The van der Waals surface area contributed by atoms with Gasteiger partial charge in [0.25, 0.3) is 0 Å². The molecule has 1 aliphatic rings. The zero-order valence-corrected chi connectivity index (χ0v) is 36.0. The monoisotopic (exact) mass is 902 g/mol. The van der Waals surface area contributed by atoms with E-state index in [1.165, 1.54) is 11.0 Å². The van der Waals surface area contributed by atoms with Crippen LogP contribution in [0.2, 0.25) is 0 Å².